The summed E-state index contributed by atoms with van der Waals surface area (Å²) >= 11 is 5.84. The highest BCUT2D eigenvalue weighted by molar-refractivity contribution is 6.30. The summed E-state index contributed by atoms with van der Waals surface area (Å²) in [6.45, 7) is 2.66. The number of halogens is 1. The fourth-order valence-corrected chi connectivity index (χ4v) is 2.14. The van der Waals surface area contributed by atoms with Crippen LogP contribution < -0.4 is 0 Å². The Kier molecular flexibility index (Phi) is 3.68. The molecule has 1 aromatic carbocycles. The molecule has 0 N–H and O–H groups in total. The van der Waals surface area contributed by atoms with Crippen molar-refractivity contribution in [3.63, 3.8) is 0 Å². The molecule has 1 saturated heterocycles. The molecular weight excluding hydrogens is 236 g/mol. The van der Waals surface area contributed by atoms with Crippen molar-refractivity contribution >= 4 is 11.6 Å². The molecule has 1 aromatic rings. The number of ether oxygens (including phenoxy) is 1. The molecule has 1 fully saturated rings. The highest BCUT2D eigenvalue weighted by Crippen LogP contribution is 2.27. The van der Waals surface area contributed by atoms with Crippen LogP contribution >= 0.6 is 11.6 Å². The minimum absolute atomic E-state index is 0.304. The van der Waals surface area contributed by atoms with E-state index in [0.717, 1.165) is 18.1 Å². The highest BCUT2D eigenvalue weighted by Gasteiger charge is 2.39. The van der Waals surface area contributed by atoms with Crippen LogP contribution in [0.4, 0.5) is 0 Å². The minimum atomic E-state index is -0.304. The largest absolute Gasteiger partial charge is 0.378 e. The maximum Gasteiger partial charge on any atom is 0.116 e. The van der Waals surface area contributed by atoms with E-state index in [9.17, 15) is 0 Å². The first-order chi connectivity index (χ1) is 8.13. The van der Waals surface area contributed by atoms with Crippen molar-refractivity contribution in [1.29, 1.82) is 5.26 Å². The summed E-state index contributed by atoms with van der Waals surface area (Å²) in [5.74, 6) is 0. The van der Waals surface area contributed by atoms with Crippen molar-refractivity contribution in [1.82, 2.24) is 4.90 Å². The van der Waals surface area contributed by atoms with Crippen molar-refractivity contribution in [2.75, 3.05) is 26.8 Å². The van der Waals surface area contributed by atoms with Gasteiger partial charge in [-0.15, -0.1) is 0 Å². The number of hydrogen-bond donors (Lipinski definition) is 0. The molecule has 90 valence electrons. The molecule has 1 heterocycles. The molecule has 0 aliphatic carbocycles. The normalized spacial score (nSPS) is 17.5. The third-order valence-corrected chi connectivity index (χ3v) is 3.18. The molecule has 17 heavy (non-hydrogen) atoms. The van der Waals surface area contributed by atoms with Gasteiger partial charge in [-0.05, 0) is 24.7 Å². The van der Waals surface area contributed by atoms with E-state index in [4.69, 9.17) is 21.6 Å². The molecule has 4 heteroatoms. The van der Waals surface area contributed by atoms with Crippen molar-refractivity contribution in [3.8, 4) is 6.07 Å². The molecule has 0 radical (unpaired) electrons. The van der Waals surface area contributed by atoms with Crippen LogP contribution in [0.5, 0.6) is 0 Å². The van der Waals surface area contributed by atoms with E-state index in [2.05, 4.69) is 11.0 Å². The van der Waals surface area contributed by atoms with E-state index in [-0.39, 0.29) is 5.41 Å². The van der Waals surface area contributed by atoms with Gasteiger partial charge >= 0.3 is 0 Å². The van der Waals surface area contributed by atoms with Crippen LogP contribution in [0, 0.1) is 16.7 Å². The summed E-state index contributed by atoms with van der Waals surface area (Å²) in [6.07, 6.45) is 0. The summed E-state index contributed by atoms with van der Waals surface area (Å²) in [7, 11) is 2.02. The van der Waals surface area contributed by atoms with Gasteiger partial charge in [0.15, 0.2) is 0 Å². The van der Waals surface area contributed by atoms with E-state index in [0.29, 0.717) is 13.2 Å². The average Bonchev–Trinajstić information content (AvgIpc) is 2.27. The Labute approximate surface area is 107 Å². The second-order valence-corrected chi connectivity index (χ2v) is 5.12. The molecule has 0 atom stereocenters. The third kappa shape index (κ3) is 2.98. The lowest BCUT2D eigenvalue weighted by molar-refractivity contribution is -0.0895. The van der Waals surface area contributed by atoms with E-state index in [1.54, 1.807) is 0 Å². The summed E-state index contributed by atoms with van der Waals surface area (Å²) < 4.78 is 5.13. The summed E-state index contributed by atoms with van der Waals surface area (Å²) in [6, 6.07) is 10.1. The topological polar surface area (TPSA) is 36.3 Å². The maximum absolute atomic E-state index is 9.11. The number of rotatable bonds is 4. The van der Waals surface area contributed by atoms with Crippen LogP contribution in [0.15, 0.2) is 24.3 Å². The number of benzene rings is 1. The van der Waals surface area contributed by atoms with Gasteiger partial charge in [-0.3, -0.25) is 0 Å². The first kappa shape index (κ1) is 12.4. The van der Waals surface area contributed by atoms with Crippen LogP contribution in [0.3, 0.4) is 0 Å². The van der Waals surface area contributed by atoms with Gasteiger partial charge in [0.25, 0.3) is 0 Å². The van der Waals surface area contributed by atoms with Gasteiger partial charge < -0.3 is 9.64 Å². The van der Waals surface area contributed by atoms with E-state index in [1.807, 2.05) is 31.3 Å². The quantitative estimate of drug-likeness (QED) is 0.823. The van der Waals surface area contributed by atoms with Crippen molar-refractivity contribution in [2.45, 2.75) is 6.54 Å². The lowest BCUT2D eigenvalue weighted by atomic mass is 9.87. The molecule has 0 spiro atoms. The van der Waals surface area contributed by atoms with Crippen LogP contribution in [0.2, 0.25) is 5.02 Å². The van der Waals surface area contributed by atoms with Crippen LogP contribution in [0.25, 0.3) is 0 Å². The van der Waals surface area contributed by atoms with E-state index >= 15 is 0 Å². The monoisotopic (exact) mass is 250 g/mol. The Hall–Kier alpha value is -1.08. The van der Waals surface area contributed by atoms with Crippen LogP contribution in [0.1, 0.15) is 5.56 Å². The van der Waals surface area contributed by atoms with E-state index in [1.165, 1.54) is 5.56 Å². The Morgan fingerprint density at radius 2 is 2.06 bits per heavy atom. The van der Waals surface area contributed by atoms with Crippen LogP contribution in [-0.4, -0.2) is 31.7 Å². The molecule has 1 aliphatic heterocycles. The molecule has 0 bridgehead atoms. The molecule has 0 saturated carbocycles. The molecular formula is C13H15ClN2O. The maximum atomic E-state index is 9.11. The fraction of sp³-hybridized carbons (Fsp3) is 0.462. The molecule has 0 unspecified atom stereocenters. The van der Waals surface area contributed by atoms with Crippen LogP contribution in [-0.2, 0) is 11.3 Å². The van der Waals surface area contributed by atoms with E-state index < -0.39 is 0 Å². The second-order valence-electron chi connectivity index (χ2n) is 4.68. The van der Waals surface area contributed by atoms with Gasteiger partial charge in [0.05, 0.1) is 19.3 Å². The second kappa shape index (κ2) is 5.05. The lowest BCUT2D eigenvalue weighted by Gasteiger charge is -2.38. The summed E-state index contributed by atoms with van der Waals surface area (Å²) in [5.41, 5.74) is 0.895. The van der Waals surface area contributed by atoms with Gasteiger partial charge in [-0.1, -0.05) is 23.7 Å². The average molecular weight is 251 g/mol. The van der Waals surface area contributed by atoms with Gasteiger partial charge in [0.1, 0.15) is 5.41 Å². The number of nitrogens with zero attached hydrogens (tertiary/aromatic N) is 2. The standard InChI is InChI=1S/C13H15ClN2O/c1-16(8-13(7-15)9-17-10-13)6-11-2-4-12(14)5-3-11/h2-5H,6,8-10H2,1H3. The Morgan fingerprint density at radius 1 is 1.41 bits per heavy atom. The molecule has 0 amide bonds. The van der Waals surface area contributed by atoms with Crippen molar-refractivity contribution in [3.05, 3.63) is 34.9 Å². The Balaban J connectivity index is 1.91. The fourth-order valence-electron chi connectivity index (χ4n) is 2.01. The van der Waals surface area contributed by atoms with Gasteiger partial charge in [0, 0.05) is 18.1 Å². The smallest absolute Gasteiger partial charge is 0.116 e. The molecule has 0 aromatic heterocycles. The van der Waals surface area contributed by atoms with Gasteiger partial charge in [0.2, 0.25) is 0 Å². The lowest BCUT2D eigenvalue weighted by Crippen LogP contribution is -2.48. The zero-order valence-corrected chi connectivity index (χ0v) is 10.6. The first-order valence-electron chi connectivity index (χ1n) is 5.56. The van der Waals surface area contributed by atoms with Crippen molar-refractivity contribution < 1.29 is 4.74 Å². The third-order valence-electron chi connectivity index (χ3n) is 2.93. The number of hydrogen-bond acceptors (Lipinski definition) is 3. The zero-order valence-electron chi connectivity index (χ0n) is 9.82. The SMILES string of the molecule is CN(Cc1ccc(Cl)cc1)CC1(C#N)COC1. The first-order valence-corrected chi connectivity index (χ1v) is 5.93. The highest BCUT2D eigenvalue weighted by atomic mass is 35.5. The zero-order chi connectivity index (χ0) is 12.3. The van der Waals surface area contributed by atoms with Gasteiger partial charge in [-0.2, -0.15) is 5.26 Å². The minimum Gasteiger partial charge on any atom is -0.378 e. The van der Waals surface area contributed by atoms with Gasteiger partial charge in [-0.25, -0.2) is 0 Å². The molecule has 2 rings (SSSR count). The Bertz CT molecular complexity index is 420. The summed E-state index contributed by atoms with van der Waals surface area (Å²) in [5, 5.41) is 9.86. The molecule has 3 nitrogen and oxygen atoms in total. The predicted molar refractivity (Wildman–Crippen MR) is 66.7 cm³/mol. The molecule has 1 aliphatic rings. The number of nitriles is 1. The Morgan fingerprint density at radius 3 is 2.53 bits per heavy atom. The van der Waals surface area contributed by atoms with Crippen molar-refractivity contribution in [2.24, 2.45) is 5.41 Å². The summed E-state index contributed by atoms with van der Waals surface area (Å²) in [4.78, 5) is 2.15. The predicted octanol–water partition coefficient (Wildman–Crippen LogP) is 2.31.